The molecule has 0 aliphatic carbocycles. The fraction of sp³-hybridized carbons (Fsp3) is 0.182. The Hall–Kier alpha value is -4.21. The van der Waals surface area contributed by atoms with Gasteiger partial charge in [0.15, 0.2) is 17.7 Å². The van der Waals surface area contributed by atoms with Gasteiger partial charge in [-0.3, -0.25) is 25.2 Å². The van der Waals surface area contributed by atoms with Crippen LogP contribution in [-0.4, -0.2) is 33.4 Å². The van der Waals surface area contributed by atoms with Gasteiger partial charge in [-0.25, -0.2) is 9.37 Å². The van der Waals surface area contributed by atoms with Gasteiger partial charge in [0.25, 0.3) is 11.8 Å². The maximum atomic E-state index is 13.6. The highest BCUT2D eigenvalue weighted by Crippen LogP contribution is 2.17. The molecule has 0 fully saturated rings. The fourth-order valence-corrected chi connectivity index (χ4v) is 2.69. The number of aryl methyl sites for hydroxylation is 1. The number of imidazole rings is 1. The second kappa shape index (κ2) is 10.7. The molecule has 2 aromatic carbocycles. The molecule has 0 aliphatic rings. The monoisotopic (exact) mass is 439 g/mol. The van der Waals surface area contributed by atoms with E-state index in [2.05, 4.69) is 21.2 Å². The largest absolute Gasteiger partial charge is 0.478 e. The number of nitrogens with one attached hydrogen (secondary N) is 3. The van der Waals surface area contributed by atoms with Crippen LogP contribution >= 0.6 is 0 Å². The Morgan fingerprint density at radius 2 is 1.94 bits per heavy atom. The average Bonchev–Trinajstić information content (AvgIpc) is 3.31. The van der Waals surface area contributed by atoms with E-state index in [-0.39, 0.29) is 23.6 Å². The lowest BCUT2D eigenvalue weighted by Crippen LogP contribution is -2.47. The van der Waals surface area contributed by atoms with Crippen LogP contribution in [0.4, 0.5) is 10.1 Å². The fourth-order valence-electron chi connectivity index (χ4n) is 2.69. The molecule has 32 heavy (non-hydrogen) atoms. The molecule has 9 nitrogen and oxygen atoms in total. The molecule has 1 heterocycles. The second-order valence-corrected chi connectivity index (χ2v) is 6.81. The number of halogens is 1. The van der Waals surface area contributed by atoms with Gasteiger partial charge >= 0.3 is 0 Å². The molecule has 0 saturated carbocycles. The van der Waals surface area contributed by atoms with Crippen molar-refractivity contribution in [2.24, 2.45) is 0 Å². The number of amides is 3. The van der Waals surface area contributed by atoms with Gasteiger partial charge in [-0.15, -0.1) is 0 Å². The van der Waals surface area contributed by atoms with E-state index in [4.69, 9.17) is 4.74 Å². The molecule has 3 aromatic rings. The average molecular weight is 439 g/mol. The first kappa shape index (κ1) is 22.5. The van der Waals surface area contributed by atoms with Gasteiger partial charge < -0.3 is 14.6 Å². The number of hydrazine groups is 1. The number of aromatic nitrogens is 2. The van der Waals surface area contributed by atoms with E-state index in [1.54, 1.807) is 41.5 Å². The lowest BCUT2D eigenvalue weighted by Gasteiger charge is -2.15. The Balaban J connectivity index is 1.49. The highest BCUT2D eigenvalue weighted by atomic mass is 19.1. The lowest BCUT2D eigenvalue weighted by molar-refractivity contribution is -0.128. The Labute approximate surface area is 183 Å². The third-order valence-corrected chi connectivity index (χ3v) is 4.37. The first-order valence-corrected chi connectivity index (χ1v) is 9.79. The summed E-state index contributed by atoms with van der Waals surface area (Å²) in [6, 6.07) is 12.0. The van der Waals surface area contributed by atoms with Crippen LogP contribution < -0.4 is 20.9 Å². The smallest absolute Gasteiger partial charge is 0.279 e. The van der Waals surface area contributed by atoms with Crippen molar-refractivity contribution >= 4 is 23.4 Å². The summed E-state index contributed by atoms with van der Waals surface area (Å²) in [5, 5.41) is 2.72. The Morgan fingerprint density at radius 3 is 2.69 bits per heavy atom. The number of para-hydroxylation sites is 1. The summed E-state index contributed by atoms with van der Waals surface area (Å²) < 4.78 is 20.7. The van der Waals surface area contributed by atoms with Gasteiger partial charge in [0, 0.05) is 36.6 Å². The standard InChI is InChI=1S/C22H22FN5O4/c1-15(32-19-8-3-2-7-18(19)23)21(30)26-27-22(31)16-5-4-6-17(13-16)25-20(29)9-11-28-12-10-24-14-28/h2-8,10,12-15H,9,11H2,1H3,(H,25,29)(H,26,30)(H,27,31). The summed E-state index contributed by atoms with van der Waals surface area (Å²) in [7, 11) is 0. The summed E-state index contributed by atoms with van der Waals surface area (Å²) in [4.78, 5) is 40.5. The molecule has 1 unspecified atom stereocenters. The number of anilines is 1. The molecule has 3 N–H and O–H groups in total. The quantitative estimate of drug-likeness (QED) is 0.466. The van der Waals surface area contributed by atoms with Gasteiger partial charge in [0.1, 0.15) is 0 Å². The van der Waals surface area contributed by atoms with Crippen molar-refractivity contribution in [3.8, 4) is 5.75 Å². The molecular weight excluding hydrogens is 417 g/mol. The minimum atomic E-state index is -1.05. The van der Waals surface area contributed by atoms with Crippen molar-refractivity contribution in [3.63, 3.8) is 0 Å². The molecule has 0 aliphatic heterocycles. The van der Waals surface area contributed by atoms with E-state index in [0.29, 0.717) is 12.2 Å². The van der Waals surface area contributed by atoms with E-state index in [1.165, 1.54) is 37.3 Å². The van der Waals surface area contributed by atoms with Crippen LogP contribution in [0.25, 0.3) is 0 Å². The molecule has 3 amide bonds. The van der Waals surface area contributed by atoms with Gasteiger partial charge in [-0.1, -0.05) is 18.2 Å². The molecule has 0 bridgehead atoms. The molecule has 0 saturated heterocycles. The van der Waals surface area contributed by atoms with Crippen LogP contribution in [0.1, 0.15) is 23.7 Å². The van der Waals surface area contributed by atoms with E-state index in [9.17, 15) is 18.8 Å². The van der Waals surface area contributed by atoms with Crippen LogP contribution in [-0.2, 0) is 16.1 Å². The van der Waals surface area contributed by atoms with Gasteiger partial charge in [-0.2, -0.15) is 0 Å². The minimum absolute atomic E-state index is 0.0713. The highest BCUT2D eigenvalue weighted by molar-refractivity contribution is 5.98. The third kappa shape index (κ3) is 6.39. The van der Waals surface area contributed by atoms with Crippen LogP contribution in [0.2, 0.25) is 0 Å². The van der Waals surface area contributed by atoms with E-state index < -0.39 is 23.7 Å². The predicted molar refractivity (Wildman–Crippen MR) is 114 cm³/mol. The van der Waals surface area contributed by atoms with Crippen LogP contribution in [0.5, 0.6) is 5.75 Å². The molecule has 10 heteroatoms. The minimum Gasteiger partial charge on any atom is -0.478 e. The number of ether oxygens (including phenoxy) is 1. The number of hydrogen-bond acceptors (Lipinski definition) is 5. The number of carbonyl (C=O) groups excluding carboxylic acids is 3. The van der Waals surface area contributed by atoms with Crippen LogP contribution in [0.3, 0.4) is 0 Å². The molecule has 0 radical (unpaired) electrons. The summed E-state index contributed by atoms with van der Waals surface area (Å²) in [6.07, 6.45) is 4.20. The predicted octanol–water partition coefficient (Wildman–Crippen LogP) is 2.28. The van der Waals surface area contributed by atoms with E-state index in [1.807, 2.05) is 0 Å². The van der Waals surface area contributed by atoms with Crippen LogP contribution in [0.15, 0.2) is 67.3 Å². The Kier molecular flexibility index (Phi) is 7.52. The number of benzene rings is 2. The molecule has 166 valence electrons. The highest BCUT2D eigenvalue weighted by Gasteiger charge is 2.17. The van der Waals surface area contributed by atoms with Crippen molar-refractivity contribution in [2.75, 3.05) is 5.32 Å². The second-order valence-electron chi connectivity index (χ2n) is 6.81. The van der Waals surface area contributed by atoms with Crippen molar-refractivity contribution in [2.45, 2.75) is 26.0 Å². The number of hydrogen-bond donors (Lipinski definition) is 3. The first-order valence-electron chi connectivity index (χ1n) is 9.79. The first-order chi connectivity index (χ1) is 15.4. The number of rotatable bonds is 8. The van der Waals surface area contributed by atoms with Gasteiger partial charge in [0.2, 0.25) is 5.91 Å². The Bertz CT molecular complexity index is 1090. The van der Waals surface area contributed by atoms with Gasteiger partial charge in [-0.05, 0) is 37.3 Å². The van der Waals surface area contributed by atoms with Crippen molar-refractivity contribution in [1.29, 1.82) is 0 Å². The summed E-state index contributed by atoms with van der Waals surface area (Å²) in [6.45, 7) is 1.90. The number of nitrogens with zero attached hydrogens (tertiary/aromatic N) is 2. The number of carbonyl (C=O) groups is 3. The Morgan fingerprint density at radius 1 is 1.12 bits per heavy atom. The maximum absolute atomic E-state index is 13.6. The maximum Gasteiger partial charge on any atom is 0.279 e. The molecule has 0 spiro atoms. The van der Waals surface area contributed by atoms with E-state index >= 15 is 0 Å². The summed E-state index contributed by atoms with van der Waals surface area (Å²) in [5.74, 6) is -2.14. The summed E-state index contributed by atoms with van der Waals surface area (Å²) >= 11 is 0. The summed E-state index contributed by atoms with van der Waals surface area (Å²) in [5.41, 5.74) is 5.17. The zero-order valence-electron chi connectivity index (χ0n) is 17.2. The van der Waals surface area contributed by atoms with Gasteiger partial charge in [0.05, 0.1) is 6.33 Å². The van der Waals surface area contributed by atoms with E-state index in [0.717, 1.165) is 0 Å². The van der Waals surface area contributed by atoms with Crippen LogP contribution in [0, 0.1) is 5.82 Å². The zero-order chi connectivity index (χ0) is 22.9. The zero-order valence-corrected chi connectivity index (χ0v) is 17.2. The molecular formula is C22H22FN5O4. The van der Waals surface area contributed by atoms with Crippen molar-refractivity contribution in [1.82, 2.24) is 20.4 Å². The van der Waals surface area contributed by atoms with Crippen molar-refractivity contribution < 1.29 is 23.5 Å². The molecule has 1 aromatic heterocycles. The van der Waals surface area contributed by atoms with Crippen molar-refractivity contribution in [3.05, 3.63) is 78.6 Å². The normalized spacial score (nSPS) is 11.3. The lowest BCUT2D eigenvalue weighted by atomic mass is 10.2. The molecule has 1 atom stereocenters. The molecule has 3 rings (SSSR count). The topological polar surface area (TPSA) is 114 Å². The third-order valence-electron chi connectivity index (χ3n) is 4.37. The SMILES string of the molecule is CC(Oc1ccccc1F)C(=O)NNC(=O)c1cccc(NC(=O)CCn2ccnc2)c1.